The van der Waals surface area contributed by atoms with E-state index in [-0.39, 0.29) is 12.7 Å². The van der Waals surface area contributed by atoms with E-state index in [9.17, 15) is 13.0 Å². The molecule has 1 rings (SSSR count). The zero-order chi connectivity index (χ0) is 12.9. The van der Waals surface area contributed by atoms with Gasteiger partial charge in [0.1, 0.15) is 6.61 Å². The van der Waals surface area contributed by atoms with Crippen LogP contribution in [0.3, 0.4) is 0 Å². The van der Waals surface area contributed by atoms with Gasteiger partial charge in [-0.3, -0.25) is 13.0 Å². The lowest BCUT2D eigenvalue weighted by atomic mass is 10.2. The van der Waals surface area contributed by atoms with Crippen LogP contribution in [0.4, 0.5) is 8.22 Å². The van der Waals surface area contributed by atoms with Crippen molar-refractivity contribution in [1.29, 1.82) is 0 Å². The van der Waals surface area contributed by atoms with Gasteiger partial charge in [-0.2, -0.15) is 0 Å². The van der Waals surface area contributed by atoms with Crippen molar-refractivity contribution < 1.29 is 17.7 Å². The molecule has 1 unspecified atom stereocenters. The Morgan fingerprint density at radius 1 is 1.35 bits per heavy atom. The van der Waals surface area contributed by atoms with Gasteiger partial charge in [0.25, 0.3) is 0 Å². The van der Waals surface area contributed by atoms with Crippen LogP contribution in [0.2, 0.25) is 12.6 Å². The Morgan fingerprint density at radius 2 is 1.94 bits per heavy atom. The van der Waals surface area contributed by atoms with Gasteiger partial charge < -0.3 is 4.74 Å². The van der Waals surface area contributed by atoms with E-state index in [1.165, 1.54) is 6.92 Å². The maximum atomic E-state index is 12.8. The molecule has 0 aliphatic carbocycles. The average molecular weight is 258 g/mol. The number of benzene rings is 1. The highest BCUT2D eigenvalue weighted by atomic mass is 28.4. The van der Waals surface area contributed by atoms with Gasteiger partial charge in [0.2, 0.25) is 0 Å². The predicted octanol–water partition coefficient (Wildman–Crippen LogP) is 3.38. The van der Waals surface area contributed by atoms with Gasteiger partial charge in [0.15, 0.2) is 0 Å². The Labute approximate surface area is 101 Å². The molecule has 1 aromatic carbocycles. The minimum absolute atomic E-state index is 0.140. The van der Waals surface area contributed by atoms with Crippen LogP contribution in [-0.4, -0.2) is 14.7 Å². The summed E-state index contributed by atoms with van der Waals surface area (Å²) in [5.74, 6) is -1.28. The summed E-state index contributed by atoms with van der Waals surface area (Å²) in [6.45, 7) is 2.56. The van der Waals surface area contributed by atoms with Crippen molar-refractivity contribution in [2.45, 2.75) is 26.1 Å². The van der Waals surface area contributed by atoms with Crippen LogP contribution in [0, 0.1) is 5.92 Å². The van der Waals surface area contributed by atoms with E-state index in [2.05, 4.69) is 0 Å². The van der Waals surface area contributed by atoms with Gasteiger partial charge >= 0.3 is 14.7 Å². The van der Waals surface area contributed by atoms with E-state index in [0.29, 0.717) is 0 Å². The zero-order valence-corrected chi connectivity index (χ0v) is 11.0. The van der Waals surface area contributed by atoms with Crippen LogP contribution in [0.25, 0.3) is 0 Å². The van der Waals surface area contributed by atoms with Crippen molar-refractivity contribution in [2.75, 3.05) is 0 Å². The van der Waals surface area contributed by atoms with Crippen molar-refractivity contribution in [2.24, 2.45) is 5.92 Å². The molecule has 5 heteroatoms. The van der Waals surface area contributed by atoms with E-state index in [4.69, 9.17) is 4.74 Å². The number of hydrogen-bond donors (Lipinski definition) is 0. The minimum atomic E-state index is -4.19. The molecular formula is C12H16F2O2Si. The second-order valence-electron chi connectivity index (χ2n) is 4.27. The highest BCUT2D eigenvalue weighted by molar-refractivity contribution is 6.64. The van der Waals surface area contributed by atoms with Crippen LogP contribution in [0.1, 0.15) is 12.5 Å². The third kappa shape index (κ3) is 5.58. The Balaban J connectivity index is 2.40. The van der Waals surface area contributed by atoms with Gasteiger partial charge in [0.05, 0.1) is 5.92 Å². The van der Waals surface area contributed by atoms with Gasteiger partial charge in [-0.25, -0.2) is 0 Å². The van der Waals surface area contributed by atoms with Crippen molar-refractivity contribution in [3.05, 3.63) is 35.9 Å². The molecule has 0 radical (unpaired) electrons. The molecule has 0 saturated carbocycles. The summed E-state index contributed by atoms with van der Waals surface area (Å²) in [5.41, 5.74) is 0.855. The van der Waals surface area contributed by atoms with Crippen LogP contribution >= 0.6 is 0 Å². The van der Waals surface area contributed by atoms with Crippen LogP contribution in [0.15, 0.2) is 30.3 Å². The molecule has 0 N–H and O–H groups in total. The summed E-state index contributed by atoms with van der Waals surface area (Å²) in [4.78, 5) is 11.5. The van der Waals surface area contributed by atoms with E-state index in [1.807, 2.05) is 30.3 Å². The number of ether oxygens (including phenoxy) is 1. The fourth-order valence-corrected chi connectivity index (χ4v) is 2.73. The number of carbonyl (C=O) groups is 1. The molecule has 0 saturated heterocycles. The topological polar surface area (TPSA) is 26.3 Å². The summed E-state index contributed by atoms with van der Waals surface area (Å²) >= 11 is 0. The van der Waals surface area contributed by atoms with Crippen LogP contribution < -0.4 is 0 Å². The average Bonchev–Trinajstić information content (AvgIpc) is 2.25. The van der Waals surface area contributed by atoms with Crippen LogP contribution in [-0.2, 0) is 16.1 Å². The van der Waals surface area contributed by atoms with E-state index < -0.39 is 20.6 Å². The SMILES string of the molecule is CC(C[Si](C)(F)F)C(=O)OCc1ccccc1. The molecule has 0 spiro atoms. The lowest BCUT2D eigenvalue weighted by Gasteiger charge is -2.13. The maximum Gasteiger partial charge on any atom is 0.422 e. The quantitative estimate of drug-likeness (QED) is 0.460. The molecular weight excluding hydrogens is 242 g/mol. The molecule has 1 atom stereocenters. The summed E-state index contributed by atoms with van der Waals surface area (Å²) in [5, 5.41) is 0. The molecule has 94 valence electrons. The Hall–Kier alpha value is -1.23. The van der Waals surface area contributed by atoms with Crippen molar-refractivity contribution in [3.63, 3.8) is 0 Å². The summed E-state index contributed by atoms with van der Waals surface area (Å²) in [7, 11) is -4.19. The molecule has 1 aromatic rings. The zero-order valence-electron chi connectivity index (χ0n) is 9.95. The maximum absolute atomic E-state index is 12.8. The van der Waals surface area contributed by atoms with Crippen molar-refractivity contribution in [1.82, 2.24) is 0 Å². The number of rotatable bonds is 5. The van der Waals surface area contributed by atoms with Gasteiger partial charge in [0, 0.05) is 6.04 Å². The minimum Gasteiger partial charge on any atom is -0.461 e. The van der Waals surface area contributed by atoms with E-state index in [0.717, 1.165) is 12.1 Å². The Bertz CT molecular complexity index is 363. The Kier molecular flexibility index (Phi) is 4.81. The molecule has 2 nitrogen and oxygen atoms in total. The molecule has 0 bridgehead atoms. The van der Waals surface area contributed by atoms with Gasteiger partial charge in [-0.1, -0.05) is 37.3 Å². The van der Waals surface area contributed by atoms with Gasteiger partial charge in [-0.15, -0.1) is 0 Å². The van der Waals surface area contributed by atoms with Crippen LogP contribution in [0.5, 0.6) is 0 Å². The molecule has 0 amide bonds. The highest BCUT2D eigenvalue weighted by Gasteiger charge is 2.33. The first kappa shape index (κ1) is 13.8. The normalized spacial score (nSPS) is 13.2. The van der Waals surface area contributed by atoms with Crippen molar-refractivity contribution >= 4 is 14.7 Å². The van der Waals surface area contributed by atoms with E-state index in [1.54, 1.807) is 0 Å². The monoisotopic (exact) mass is 258 g/mol. The fourth-order valence-electron chi connectivity index (χ4n) is 1.49. The second-order valence-corrected chi connectivity index (χ2v) is 6.82. The second kappa shape index (κ2) is 5.91. The molecule has 0 heterocycles. The van der Waals surface area contributed by atoms with E-state index >= 15 is 0 Å². The number of halogens is 2. The molecule has 0 fully saturated rings. The summed E-state index contributed by atoms with van der Waals surface area (Å²) in [6, 6.07) is 8.82. The number of hydrogen-bond acceptors (Lipinski definition) is 2. The Morgan fingerprint density at radius 3 is 2.47 bits per heavy atom. The summed E-state index contributed by atoms with van der Waals surface area (Å²) < 4.78 is 30.6. The predicted molar refractivity (Wildman–Crippen MR) is 64.0 cm³/mol. The molecule has 17 heavy (non-hydrogen) atoms. The highest BCUT2D eigenvalue weighted by Crippen LogP contribution is 2.20. The standard InChI is InChI=1S/C12H16F2O2Si/c1-10(9-17(2,13)14)12(15)16-8-11-6-4-3-5-7-11/h3-7,10H,8-9H2,1-2H3. The van der Waals surface area contributed by atoms with Gasteiger partial charge in [-0.05, 0) is 12.1 Å². The summed E-state index contributed by atoms with van der Waals surface area (Å²) in [6.07, 6.45) is 0. The van der Waals surface area contributed by atoms with Crippen molar-refractivity contribution in [3.8, 4) is 0 Å². The third-order valence-corrected chi connectivity index (χ3v) is 3.62. The lowest BCUT2D eigenvalue weighted by molar-refractivity contribution is -0.148. The number of esters is 1. The first-order valence-corrected chi connectivity index (χ1v) is 7.93. The molecule has 0 aliphatic rings. The largest absolute Gasteiger partial charge is 0.461 e. The first-order valence-electron chi connectivity index (χ1n) is 5.47. The number of carbonyl (C=O) groups excluding carboxylic acids is 1. The molecule has 0 aromatic heterocycles. The third-order valence-electron chi connectivity index (χ3n) is 2.29. The first-order chi connectivity index (χ1) is 7.88. The smallest absolute Gasteiger partial charge is 0.422 e. The lowest BCUT2D eigenvalue weighted by Crippen LogP contribution is -2.25. The molecule has 0 aliphatic heterocycles. The fraction of sp³-hybridized carbons (Fsp3) is 0.417.